The molecule has 1 saturated carbocycles. The largest absolute Gasteiger partial charge is 0.454 e. The predicted molar refractivity (Wildman–Crippen MR) is 74.6 cm³/mol. The molecule has 1 aliphatic heterocycles. The summed E-state index contributed by atoms with van der Waals surface area (Å²) in [4.78, 5) is 16.6. The first kappa shape index (κ1) is 11.7. The molecule has 0 bridgehead atoms. The number of aromatic nitrogens is 1. The van der Waals surface area contributed by atoms with Crippen molar-refractivity contribution in [1.29, 1.82) is 0 Å². The van der Waals surface area contributed by atoms with E-state index in [4.69, 9.17) is 9.47 Å². The van der Waals surface area contributed by atoms with Crippen LogP contribution in [0.3, 0.4) is 0 Å². The molecule has 2 aliphatic rings. The highest BCUT2D eigenvalue weighted by atomic mass is 32.1. The van der Waals surface area contributed by atoms with Crippen molar-refractivity contribution in [3.8, 4) is 11.5 Å². The Labute approximate surface area is 119 Å². The predicted octanol–water partition coefficient (Wildman–Crippen LogP) is 3.00. The van der Waals surface area contributed by atoms with E-state index in [1.165, 1.54) is 24.2 Å². The van der Waals surface area contributed by atoms with Crippen LogP contribution in [0.4, 0.5) is 5.13 Å². The number of hydrogen-bond donors (Lipinski definition) is 1. The van der Waals surface area contributed by atoms with Crippen LogP contribution in [-0.4, -0.2) is 17.7 Å². The molecule has 1 fully saturated rings. The molecule has 102 valence electrons. The minimum Gasteiger partial charge on any atom is -0.454 e. The third-order valence-corrected chi connectivity index (χ3v) is 4.15. The summed E-state index contributed by atoms with van der Waals surface area (Å²) in [6, 6.07) is 5.15. The van der Waals surface area contributed by atoms with Gasteiger partial charge in [-0.25, -0.2) is 4.98 Å². The maximum atomic E-state index is 12.2. The number of carbonyl (C=O) groups excluding carboxylic acids is 1. The summed E-state index contributed by atoms with van der Waals surface area (Å²) in [5, 5.41) is 5.49. The normalized spacial score (nSPS) is 16.2. The van der Waals surface area contributed by atoms with Crippen molar-refractivity contribution < 1.29 is 14.3 Å². The first-order valence-corrected chi connectivity index (χ1v) is 7.34. The summed E-state index contributed by atoms with van der Waals surface area (Å²) in [6.45, 7) is 0.206. The van der Waals surface area contributed by atoms with Crippen molar-refractivity contribution in [2.45, 2.75) is 18.8 Å². The Morgan fingerprint density at radius 2 is 2.15 bits per heavy atom. The molecule has 0 radical (unpaired) electrons. The van der Waals surface area contributed by atoms with Crippen molar-refractivity contribution in [2.75, 3.05) is 12.1 Å². The zero-order valence-electron chi connectivity index (χ0n) is 10.6. The van der Waals surface area contributed by atoms with Gasteiger partial charge in [0.15, 0.2) is 16.6 Å². The van der Waals surface area contributed by atoms with Crippen molar-refractivity contribution >= 4 is 22.4 Å². The van der Waals surface area contributed by atoms with Crippen LogP contribution in [0.25, 0.3) is 0 Å². The smallest absolute Gasteiger partial charge is 0.257 e. The van der Waals surface area contributed by atoms with Crippen LogP contribution in [0, 0.1) is 0 Å². The Balaban J connectivity index is 1.51. The zero-order chi connectivity index (χ0) is 13.5. The van der Waals surface area contributed by atoms with Gasteiger partial charge in [-0.1, -0.05) is 0 Å². The number of rotatable bonds is 3. The summed E-state index contributed by atoms with van der Waals surface area (Å²) in [7, 11) is 0. The average molecular weight is 288 g/mol. The highest BCUT2D eigenvalue weighted by Gasteiger charge is 2.26. The average Bonchev–Trinajstić information content (AvgIpc) is 3.02. The maximum absolute atomic E-state index is 12.2. The van der Waals surface area contributed by atoms with Gasteiger partial charge in [0.2, 0.25) is 6.79 Å². The molecule has 20 heavy (non-hydrogen) atoms. The second-order valence-electron chi connectivity index (χ2n) is 4.87. The van der Waals surface area contributed by atoms with Crippen LogP contribution in [0.2, 0.25) is 0 Å². The number of fused-ring (bicyclic) bond motifs is 1. The van der Waals surface area contributed by atoms with Gasteiger partial charge < -0.3 is 9.47 Å². The van der Waals surface area contributed by atoms with Gasteiger partial charge in [0.25, 0.3) is 5.91 Å². The summed E-state index contributed by atoms with van der Waals surface area (Å²) in [5.74, 6) is 1.70. The molecule has 0 atom stereocenters. The number of ether oxygens (including phenoxy) is 2. The Bertz CT molecular complexity index is 679. The lowest BCUT2D eigenvalue weighted by molar-refractivity contribution is 0.102. The van der Waals surface area contributed by atoms with E-state index in [0.717, 1.165) is 5.69 Å². The van der Waals surface area contributed by atoms with Crippen LogP contribution in [0.15, 0.2) is 23.6 Å². The van der Waals surface area contributed by atoms with Crippen LogP contribution in [0.5, 0.6) is 11.5 Å². The van der Waals surface area contributed by atoms with E-state index in [9.17, 15) is 4.79 Å². The first-order valence-electron chi connectivity index (χ1n) is 6.46. The molecule has 2 heterocycles. The lowest BCUT2D eigenvalue weighted by atomic mass is 10.2. The standard InChI is InChI=1S/C14H12N2O3S/c17-13(9-3-4-11-12(5-9)19-7-18-11)16-14-15-10(6-20-14)8-1-2-8/h3-6,8H,1-2,7H2,(H,15,16,17). The summed E-state index contributed by atoms with van der Waals surface area (Å²) < 4.78 is 10.5. The zero-order valence-corrected chi connectivity index (χ0v) is 11.4. The minimum atomic E-state index is -0.181. The molecule has 0 saturated heterocycles. The number of nitrogens with one attached hydrogen (secondary N) is 1. The third kappa shape index (κ3) is 2.12. The fourth-order valence-corrected chi connectivity index (χ4v) is 2.90. The Morgan fingerprint density at radius 3 is 3.00 bits per heavy atom. The lowest BCUT2D eigenvalue weighted by Crippen LogP contribution is -2.11. The molecule has 0 unspecified atom stereocenters. The van der Waals surface area contributed by atoms with Crippen LogP contribution < -0.4 is 14.8 Å². The number of carbonyl (C=O) groups is 1. The van der Waals surface area contributed by atoms with Crippen molar-refractivity contribution in [3.63, 3.8) is 0 Å². The van der Waals surface area contributed by atoms with E-state index in [1.807, 2.05) is 5.38 Å². The van der Waals surface area contributed by atoms with Gasteiger partial charge in [0, 0.05) is 16.9 Å². The van der Waals surface area contributed by atoms with Crippen LogP contribution in [0.1, 0.15) is 34.8 Å². The van der Waals surface area contributed by atoms with Crippen LogP contribution >= 0.6 is 11.3 Å². The Kier molecular flexibility index (Phi) is 2.63. The fraction of sp³-hybridized carbons (Fsp3) is 0.286. The second kappa shape index (κ2) is 4.49. The van der Waals surface area contributed by atoms with Crippen molar-refractivity contribution in [3.05, 3.63) is 34.8 Å². The number of nitrogens with zero attached hydrogens (tertiary/aromatic N) is 1. The third-order valence-electron chi connectivity index (χ3n) is 3.37. The van der Waals surface area contributed by atoms with Crippen molar-refractivity contribution in [1.82, 2.24) is 4.98 Å². The number of benzene rings is 1. The second-order valence-corrected chi connectivity index (χ2v) is 5.73. The number of amides is 1. The number of hydrogen-bond acceptors (Lipinski definition) is 5. The van der Waals surface area contributed by atoms with Gasteiger partial charge in [-0.05, 0) is 31.0 Å². The van der Waals surface area contributed by atoms with Crippen LogP contribution in [-0.2, 0) is 0 Å². The summed E-state index contributed by atoms with van der Waals surface area (Å²) in [6.07, 6.45) is 2.42. The van der Waals surface area contributed by atoms with Gasteiger partial charge in [0.05, 0.1) is 5.69 Å². The monoisotopic (exact) mass is 288 g/mol. The maximum Gasteiger partial charge on any atom is 0.257 e. The highest BCUT2D eigenvalue weighted by molar-refractivity contribution is 7.14. The SMILES string of the molecule is O=C(Nc1nc(C2CC2)cs1)c1ccc2c(c1)OCO2. The molecule has 2 aromatic rings. The minimum absolute atomic E-state index is 0.181. The quantitative estimate of drug-likeness (QED) is 0.943. The van der Waals surface area contributed by atoms with E-state index in [-0.39, 0.29) is 12.7 Å². The topological polar surface area (TPSA) is 60.5 Å². The Morgan fingerprint density at radius 1 is 1.30 bits per heavy atom. The first-order chi connectivity index (χ1) is 9.79. The van der Waals surface area contributed by atoms with E-state index in [0.29, 0.717) is 28.1 Å². The lowest BCUT2D eigenvalue weighted by Gasteiger charge is -2.03. The summed E-state index contributed by atoms with van der Waals surface area (Å²) in [5.41, 5.74) is 1.63. The molecule has 1 aromatic carbocycles. The number of thiazole rings is 1. The van der Waals surface area contributed by atoms with Gasteiger partial charge >= 0.3 is 0 Å². The molecule has 5 nitrogen and oxygen atoms in total. The molecular formula is C14H12N2O3S. The molecular weight excluding hydrogens is 276 g/mol. The van der Waals surface area contributed by atoms with Crippen molar-refractivity contribution in [2.24, 2.45) is 0 Å². The fourth-order valence-electron chi connectivity index (χ4n) is 2.12. The molecule has 1 aromatic heterocycles. The van der Waals surface area contributed by atoms with E-state index in [1.54, 1.807) is 18.2 Å². The van der Waals surface area contributed by atoms with E-state index >= 15 is 0 Å². The molecule has 4 rings (SSSR count). The number of anilines is 1. The molecule has 6 heteroatoms. The van der Waals surface area contributed by atoms with Gasteiger partial charge in [-0.3, -0.25) is 10.1 Å². The van der Waals surface area contributed by atoms with E-state index in [2.05, 4.69) is 10.3 Å². The molecule has 1 amide bonds. The van der Waals surface area contributed by atoms with Gasteiger partial charge in [-0.2, -0.15) is 0 Å². The molecule has 1 N–H and O–H groups in total. The summed E-state index contributed by atoms with van der Waals surface area (Å²) >= 11 is 1.47. The molecule has 1 aliphatic carbocycles. The van der Waals surface area contributed by atoms with Gasteiger partial charge in [0.1, 0.15) is 0 Å². The highest BCUT2D eigenvalue weighted by Crippen LogP contribution is 2.41. The van der Waals surface area contributed by atoms with E-state index < -0.39 is 0 Å². The Hall–Kier alpha value is -2.08. The molecule has 0 spiro atoms. The van der Waals surface area contributed by atoms with Gasteiger partial charge in [-0.15, -0.1) is 11.3 Å².